The highest BCUT2D eigenvalue weighted by molar-refractivity contribution is 5.91. The Hall–Kier alpha value is -2.33. The van der Waals surface area contributed by atoms with E-state index >= 15 is 0 Å². The zero-order valence-electron chi connectivity index (χ0n) is 15.0. The van der Waals surface area contributed by atoms with E-state index in [0.29, 0.717) is 13.2 Å². The molecule has 26 heavy (non-hydrogen) atoms. The Morgan fingerprint density at radius 2 is 1.85 bits per heavy atom. The van der Waals surface area contributed by atoms with Crippen molar-refractivity contribution in [2.45, 2.75) is 36.9 Å². The van der Waals surface area contributed by atoms with Crippen molar-refractivity contribution in [3.05, 3.63) is 65.2 Å². The Balaban J connectivity index is 1.39. The second-order valence-corrected chi connectivity index (χ2v) is 7.73. The van der Waals surface area contributed by atoms with E-state index in [0.717, 1.165) is 37.1 Å². The quantitative estimate of drug-likeness (QED) is 0.853. The maximum atomic E-state index is 13.4. The summed E-state index contributed by atoms with van der Waals surface area (Å²) < 4.78 is 11.5. The monoisotopic (exact) mass is 349 g/mol. The first-order valence-electron chi connectivity index (χ1n) is 9.33. The minimum Gasteiger partial charge on any atom is -0.497 e. The molecule has 2 aromatic carbocycles. The zero-order chi connectivity index (χ0) is 17.8. The molecule has 0 radical (unpaired) electrons. The van der Waals surface area contributed by atoms with Crippen LogP contribution in [0.2, 0.25) is 0 Å². The molecule has 1 unspecified atom stereocenters. The summed E-state index contributed by atoms with van der Waals surface area (Å²) in [5.41, 5.74) is 3.00. The van der Waals surface area contributed by atoms with E-state index in [4.69, 9.17) is 9.47 Å². The molecule has 4 heteroatoms. The number of likely N-dealkylation sites (tertiary alicyclic amines) is 1. The van der Waals surface area contributed by atoms with E-state index in [1.807, 2.05) is 29.2 Å². The number of carbonyl (C=O) groups excluding carboxylic acids is 1. The molecule has 2 aromatic rings. The van der Waals surface area contributed by atoms with E-state index in [2.05, 4.69) is 24.3 Å². The SMILES string of the molecule is COc1ccc(C2(C(=O)N3CCC4(C3)OCc3ccccc34)CC2)cc1. The van der Waals surface area contributed by atoms with E-state index in [1.54, 1.807) is 7.11 Å². The highest BCUT2D eigenvalue weighted by atomic mass is 16.5. The molecule has 0 N–H and O–H groups in total. The summed E-state index contributed by atoms with van der Waals surface area (Å²) in [7, 11) is 1.66. The number of rotatable bonds is 3. The smallest absolute Gasteiger partial charge is 0.233 e. The summed E-state index contributed by atoms with van der Waals surface area (Å²) >= 11 is 0. The number of nitrogens with zero attached hydrogens (tertiary/aromatic N) is 1. The van der Waals surface area contributed by atoms with Crippen LogP contribution in [-0.4, -0.2) is 31.0 Å². The molecular formula is C22H23NO3. The van der Waals surface area contributed by atoms with Gasteiger partial charge in [-0.2, -0.15) is 0 Å². The first-order chi connectivity index (χ1) is 12.7. The molecule has 1 aliphatic carbocycles. The fourth-order valence-corrected chi connectivity index (χ4v) is 4.64. The molecule has 5 rings (SSSR count). The van der Waals surface area contributed by atoms with Crippen LogP contribution in [0.4, 0.5) is 0 Å². The standard InChI is InChI=1S/C22H23NO3/c1-25-18-8-6-17(7-9-18)21(10-11-21)20(24)23-13-12-22(15-23)19-5-3-2-4-16(19)14-26-22/h2-9H,10-15H2,1H3. The zero-order valence-corrected chi connectivity index (χ0v) is 15.0. The number of hydrogen-bond acceptors (Lipinski definition) is 3. The molecule has 4 nitrogen and oxygen atoms in total. The van der Waals surface area contributed by atoms with Crippen LogP contribution in [0.15, 0.2) is 48.5 Å². The van der Waals surface area contributed by atoms with Crippen molar-refractivity contribution >= 4 is 5.91 Å². The highest BCUT2D eigenvalue weighted by Crippen LogP contribution is 2.52. The molecule has 2 fully saturated rings. The predicted molar refractivity (Wildman–Crippen MR) is 98.0 cm³/mol. The van der Waals surface area contributed by atoms with Crippen LogP contribution in [0, 0.1) is 0 Å². The van der Waals surface area contributed by atoms with Crippen molar-refractivity contribution in [1.29, 1.82) is 0 Å². The normalized spacial score (nSPS) is 25.3. The van der Waals surface area contributed by atoms with Crippen molar-refractivity contribution in [2.24, 2.45) is 0 Å². The lowest BCUT2D eigenvalue weighted by Gasteiger charge is -2.27. The third-order valence-corrected chi connectivity index (χ3v) is 6.33. The second kappa shape index (κ2) is 5.58. The Kier molecular flexibility index (Phi) is 3.41. The highest BCUT2D eigenvalue weighted by Gasteiger charge is 2.56. The molecule has 1 saturated heterocycles. The maximum absolute atomic E-state index is 13.4. The van der Waals surface area contributed by atoms with Gasteiger partial charge in [0.05, 0.1) is 25.7 Å². The summed E-state index contributed by atoms with van der Waals surface area (Å²) in [6.07, 6.45) is 2.74. The number of methoxy groups -OCH3 is 1. The molecule has 0 aromatic heterocycles. The Bertz CT molecular complexity index is 856. The molecule has 1 saturated carbocycles. The van der Waals surface area contributed by atoms with Crippen LogP contribution in [0.5, 0.6) is 5.75 Å². The topological polar surface area (TPSA) is 38.8 Å². The van der Waals surface area contributed by atoms with Gasteiger partial charge in [-0.1, -0.05) is 36.4 Å². The number of carbonyl (C=O) groups is 1. The molecular weight excluding hydrogens is 326 g/mol. The second-order valence-electron chi connectivity index (χ2n) is 7.73. The molecule has 1 atom stereocenters. The summed E-state index contributed by atoms with van der Waals surface area (Å²) in [6, 6.07) is 16.4. The van der Waals surface area contributed by atoms with E-state index in [9.17, 15) is 4.79 Å². The predicted octanol–water partition coefficient (Wildman–Crippen LogP) is 3.38. The van der Waals surface area contributed by atoms with Crippen molar-refractivity contribution < 1.29 is 14.3 Å². The van der Waals surface area contributed by atoms with Crippen LogP contribution >= 0.6 is 0 Å². The lowest BCUT2D eigenvalue weighted by atomic mass is 9.91. The summed E-state index contributed by atoms with van der Waals surface area (Å²) in [5.74, 6) is 1.08. The van der Waals surface area contributed by atoms with Crippen molar-refractivity contribution in [3.63, 3.8) is 0 Å². The maximum Gasteiger partial charge on any atom is 0.233 e. The molecule has 2 heterocycles. The van der Waals surface area contributed by atoms with E-state index < -0.39 is 0 Å². The van der Waals surface area contributed by atoms with Gasteiger partial charge in [-0.15, -0.1) is 0 Å². The first-order valence-corrected chi connectivity index (χ1v) is 9.33. The van der Waals surface area contributed by atoms with Crippen molar-refractivity contribution in [3.8, 4) is 5.75 Å². The first kappa shape index (κ1) is 15.9. The van der Waals surface area contributed by atoms with Crippen LogP contribution in [0.3, 0.4) is 0 Å². The number of fused-ring (bicyclic) bond motifs is 2. The molecule has 3 aliphatic rings. The van der Waals surface area contributed by atoms with Crippen LogP contribution in [0.25, 0.3) is 0 Å². The van der Waals surface area contributed by atoms with Crippen molar-refractivity contribution in [2.75, 3.05) is 20.2 Å². The minimum atomic E-state index is -0.337. The van der Waals surface area contributed by atoms with Crippen LogP contribution < -0.4 is 4.74 Å². The Morgan fingerprint density at radius 1 is 1.08 bits per heavy atom. The molecule has 2 aliphatic heterocycles. The number of hydrogen-bond donors (Lipinski definition) is 0. The summed E-state index contributed by atoms with van der Waals surface area (Å²) in [4.78, 5) is 15.4. The van der Waals surface area contributed by atoms with Gasteiger partial charge >= 0.3 is 0 Å². The lowest BCUT2D eigenvalue weighted by Crippen LogP contribution is -2.40. The molecule has 1 amide bonds. The number of ether oxygens (including phenoxy) is 2. The van der Waals surface area contributed by atoms with E-state index in [1.165, 1.54) is 11.1 Å². The minimum absolute atomic E-state index is 0.257. The number of amides is 1. The van der Waals surface area contributed by atoms with E-state index in [-0.39, 0.29) is 16.9 Å². The number of benzene rings is 2. The Labute approximate surface area is 153 Å². The van der Waals surface area contributed by atoms with Gasteiger partial charge in [-0.25, -0.2) is 0 Å². The summed E-state index contributed by atoms with van der Waals surface area (Å²) in [6.45, 7) is 2.09. The third kappa shape index (κ3) is 2.21. The van der Waals surface area contributed by atoms with Gasteiger partial charge in [0, 0.05) is 6.54 Å². The average molecular weight is 349 g/mol. The van der Waals surface area contributed by atoms with Gasteiger partial charge < -0.3 is 14.4 Å². The van der Waals surface area contributed by atoms with Gasteiger partial charge in [-0.3, -0.25) is 4.79 Å². The molecule has 134 valence electrons. The molecule has 0 bridgehead atoms. The Morgan fingerprint density at radius 3 is 2.58 bits per heavy atom. The third-order valence-electron chi connectivity index (χ3n) is 6.33. The van der Waals surface area contributed by atoms with Crippen LogP contribution in [-0.2, 0) is 27.2 Å². The summed E-state index contributed by atoms with van der Waals surface area (Å²) in [5, 5.41) is 0. The fraction of sp³-hybridized carbons (Fsp3) is 0.409. The van der Waals surface area contributed by atoms with Gasteiger partial charge in [0.1, 0.15) is 11.4 Å². The van der Waals surface area contributed by atoms with Crippen LogP contribution in [0.1, 0.15) is 36.0 Å². The van der Waals surface area contributed by atoms with Gasteiger partial charge in [0.15, 0.2) is 0 Å². The lowest BCUT2D eigenvalue weighted by molar-refractivity contribution is -0.134. The largest absolute Gasteiger partial charge is 0.497 e. The fourth-order valence-electron chi connectivity index (χ4n) is 4.64. The molecule has 1 spiro atoms. The van der Waals surface area contributed by atoms with Gasteiger partial charge in [0.25, 0.3) is 0 Å². The van der Waals surface area contributed by atoms with Gasteiger partial charge in [0.2, 0.25) is 5.91 Å². The van der Waals surface area contributed by atoms with Gasteiger partial charge in [-0.05, 0) is 48.1 Å². The van der Waals surface area contributed by atoms with Crippen molar-refractivity contribution in [1.82, 2.24) is 4.90 Å². The average Bonchev–Trinajstić information content (AvgIpc) is 3.28.